The molecule has 0 aliphatic heterocycles. The summed E-state index contributed by atoms with van der Waals surface area (Å²) in [5, 5.41) is 5.10. The Balaban J connectivity index is 2.50. The molecule has 0 amide bonds. The number of benzene rings is 1. The van der Waals surface area contributed by atoms with Gasteiger partial charge in [0.2, 0.25) is 0 Å². The Hall–Kier alpha value is -0.240. The van der Waals surface area contributed by atoms with Crippen molar-refractivity contribution in [2.45, 2.75) is 46.1 Å². The van der Waals surface area contributed by atoms with Crippen LogP contribution in [0.2, 0.25) is 10.0 Å². The Bertz CT molecular complexity index is 343. The molecule has 1 nitrogen and oxygen atoms in total. The maximum absolute atomic E-state index is 6.17. The Morgan fingerprint density at radius 2 is 1.78 bits per heavy atom. The van der Waals surface area contributed by atoms with Crippen LogP contribution in [-0.2, 0) is 6.42 Å². The Morgan fingerprint density at radius 1 is 1.17 bits per heavy atom. The number of hydrogen-bond acceptors (Lipinski definition) is 1. The first-order chi connectivity index (χ1) is 8.56. The standard InChI is InChI=1S/C15H23Cl2N/c1-4-18-15(11(2)3)10-5-7-12-13(16)8-6-9-14(12)17/h6,8-9,11,15,18H,4-5,7,10H2,1-3H3. The van der Waals surface area contributed by atoms with Crippen LogP contribution in [0.1, 0.15) is 39.2 Å². The van der Waals surface area contributed by atoms with Gasteiger partial charge in [0, 0.05) is 16.1 Å². The largest absolute Gasteiger partial charge is 0.314 e. The van der Waals surface area contributed by atoms with Gasteiger partial charge in [-0.05, 0) is 49.4 Å². The normalized spacial score (nSPS) is 13.0. The van der Waals surface area contributed by atoms with Crippen LogP contribution in [0.3, 0.4) is 0 Å². The molecule has 1 unspecified atom stereocenters. The third-order valence-corrected chi connectivity index (χ3v) is 3.98. The van der Waals surface area contributed by atoms with Gasteiger partial charge in [0.15, 0.2) is 0 Å². The molecule has 1 atom stereocenters. The van der Waals surface area contributed by atoms with Crippen molar-refractivity contribution >= 4 is 23.2 Å². The minimum atomic E-state index is 0.580. The molecule has 1 aromatic rings. The van der Waals surface area contributed by atoms with Gasteiger partial charge in [-0.15, -0.1) is 0 Å². The SMILES string of the molecule is CCNC(CCCc1c(Cl)cccc1Cl)C(C)C. The second-order valence-corrected chi connectivity index (χ2v) is 5.82. The van der Waals surface area contributed by atoms with Crippen molar-refractivity contribution in [3.8, 4) is 0 Å². The summed E-state index contributed by atoms with van der Waals surface area (Å²) in [5.74, 6) is 0.659. The molecule has 0 saturated heterocycles. The number of nitrogens with one attached hydrogen (secondary N) is 1. The predicted molar refractivity (Wildman–Crippen MR) is 81.7 cm³/mol. The molecule has 0 aromatic heterocycles. The molecular weight excluding hydrogens is 265 g/mol. The number of rotatable bonds is 7. The third-order valence-electron chi connectivity index (χ3n) is 3.27. The smallest absolute Gasteiger partial charge is 0.0452 e. The first-order valence-electron chi connectivity index (χ1n) is 6.72. The lowest BCUT2D eigenvalue weighted by Crippen LogP contribution is -2.33. The van der Waals surface area contributed by atoms with Crippen molar-refractivity contribution in [3.63, 3.8) is 0 Å². The van der Waals surface area contributed by atoms with Crippen molar-refractivity contribution < 1.29 is 0 Å². The maximum Gasteiger partial charge on any atom is 0.0452 e. The molecule has 18 heavy (non-hydrogen) atoms. The van der Waals surface area contributed by atoms with Gasteiger partial charge in [0.05, 0.1) is 0 Å². The van der Waals surface area contributed by atoms with Crippen LogP contribution in [0, 0.1) is 5.92 Å². The van der Waals surface area contributed by atoms with E-state index in [1.54, 1.807) is 0 Å². The zero-order valence-corrected chi connectivity index (χ0v) is 13.0. The van der Waals surface area contributed by atoms with Crippen LogP contribution < -0.4 is 5.32 Å². The van der Waals surface area contributed by atoms with Gasteiger partial charge in [-0.1, -0.05) is 50.0 Å². The van der Waals surface area contributed by atoms with Crippen molar-refractivity contribution in [2.75, 3.05) is 6.54 Å². The summed E-state index contributed by atoms with van der Waals surface area (Å²) in [6.45, 7) is 7.70. The summed E-state index contributed by atoms with van der Waals surface area (Å²) in [5.41, 5.74) is 1.08. The van der Waals surface area contributed by atoms with Gasteiger partial charge < -0.3 is 5.32 Å². The molecule has 1 rings (SSSR count). The fourth-order valence-electron chi connectivity index (χ4n) is 2.20. The molecule has 0 radical (unpaired) electrons. The quantitative estimate of drug-likeness (QED) is 0.748. The zero-order chi connectivity index (χ0) is 13.5. The summed E-state index contributed by atoms with van der Waals surface area (Å²) in [6, 6.07) is 6.29. The monoisotopic (exact) mass is 287 g/mol. The van der Waals surface area contributed by atoms with Crippen LogP contribution in [0.5, 0.6) is 0 Å². The summed E-state index contributed by atoms with van der Waals surface area (Å²) >= 11 is 12.3. The Morgan fingerprint density at radius 3 is 2.28 bits per heavy atom. The lowest BCUT2D eigenvalue weighted by atomic mass is 9.97. The van der Waals surface area contributed by atoms with E-state index in [0.29, 0.717) is 12.0 Å². The Kier molecular flexibility index (Phi) is 7.06. The molecule has 0 saturated carbocycles. The molecule has 0 aliphatic carbocycles. The lowest BCUT2D eigenvalue weighted by Gasteiger charge is -2.21. The van der Waals surface area contributed by atoms with E-state index in [0.717, 1.165) is 41.4 Å². The third kappa shape index (κ3) is 4.79. The van der Waals surface area contributed by atoms with E-state index in [4.69, 9.17) is 23.2 Å². The minimum absolute atomic E-state index is 0.580. The fraction of sp³-hybridized carbons (Fsp3) is 0.600. The van der Waals surface area contributed by atoms with Gasteiger partial charge in [-0.3, -0.25) is 0 Å². The molecule has 0 spiro atoms. The molecule has 102 valence electrons. The minimum Gasteiger partial charge on any atom is -0.314 e. The molecular formula is C15H23Cl2N. The first kappa shape index (κ1) is 15.8. The molecule has 1 aromatic carbocycles. The van der Waals surface area contributed by atoms with Crippen LogP contribution >= 0.6 is 23.2 Å². The van der Waals surface area contributed by atoms with E-state index in [1.807, 2.05) is 18.2 Å². The molecule has 0 heterocycles. The summed E-state index contributed by atoms with van der Waals surface area (Å²) in [6.07, 6.45) is 3.22. The molecule has 0 aliphatic rings. The van der Waals surface area contributed by atoms with Crippen molar-refractivity contribution in [1.29, 1.82) is 0 Å². The highest BCUT2D eigenvalue weighted by molar-refractivity contribution is 6.35. The van der Waals surface area contributed by atoms with Crippen molar-refractivity contribution in [1.82, 2.24) is 5.32 Å². The molecule has 0 bridgehead atoms. The maximum atomic E-state index is 6.17. The van der Waals surface area contributed by atoms with E-state index in [2.05, 4.69) is 26.1 Å². The zero-order valence-electron chi connectivity index (χ0n) is 11.5. The van der Waals surface area contributed by atoms with Crippen LogP contribution in [0.25, 0.3) is 0 Å². The van der Waals surface area contributed by atoms with Gasteiger partial charge in [0.25, 0.3) is 0 Å². The fourth-order valence-corrected chi connectivity index (χ4v) is 2.79. The second-order valence-electron chi connectivity index (χ2n) is 5.00. The number of hydrogen-bond donors (Lipinski definition) is 1. The highest BCUT2D eigenvalue weighted by Crippen LogP contribution is 2.26. The highest BCUT2D eigenvalue weighted by atomic mass is 35.5. The van der Waals surface area contributed by atoms with Gasteiger partial charge in [-0.2, -0.15) is 0 Å². The van der Waals surface area contributed by atoms with Crippen molar-refractivity contribution in [3.05, 3.63) is 33.8 Å². The molecule has 0 fully saturated rings. The van der Waals surface area contributed by atoms with Crippen LogP contribution in [0.4, 0.5) is 0 Å². The van der Waals surface area contributed by atoms with E-state index < -0.39 is 0 Å². The van der Waals surface area contributed by atoms with Gasteiger partial charge in [0.1, 0.15) is 0 Å². The predicted octanol–water partition coefficient (Wildman–Crippen LogP) is 4.95. The van der Waals surface area contributed by atoms with E-state index in [-0.39, 0.29) is 0 Å². The van der Waals surface area contributed by atoms with Crippen LogP contribution in [0.15, 0.2) is 18.2 Å². The molecule has 1 N–H and O–H groups in total. The summed E-state index contributed by atoms with van der Waals surface area (Å²) in [7, 11) is 0. The number of halogens is 2. The lowest BCUT2D eigenvalue weighted by molar-refractivity contribution is 0.377. The topological polar surface area (TPSA) is 12.0 Å². The van der Waals surface area contributed by atoms with E-state index >= 15 is 0 Å². The van der Waals surface area contributed by atoms with Gasteiger partial charge >= 0.3 is 0 Å². The average Bonchev–Trinajstić information content (AvgIpc) is 2.31. The van der Waals surface area contributed by atoms with Crippen molar-refractivity contribution in [2.24, 2.45) is 5.92 Å². The van der Waals surface area contributed by atoms with E-state index in [9.17, 15) is 0 Å². The first-order valence-corrected chi connectivity index (χ1v) is 7.48. The summed E-state index contributed by atoms with van der Waals surface area (Å²) in [4.78, 5) is 0. The highest BCUT2D eigenvalue weighted by Gasteiger charge is 2.12. The summed E-state index contributed by atoms with van der Waals surface area (Å²) < 4.78 is 0. The van der Waals surface area contributed by atoms with E-state index in [1.165, 1.54) is 0 Å². The molecule has 3 heteroatoms. The average molecular weight is 288 g/mol. The van der Waals surface area contributed by atoms with Gasteiger partial charge in [-0.25, -0.2) is 0 Å². The van der Waals surface area contributed by atoms with Crippen LogP contribution in [-0.4, -0.2) is 12.6 Å². The Labute approximate surface area is 121 Å². The second kappa shape index (κ2) is 8.04.